The van der Waals surface area contributed by atoms with Gasteiger partial charge in [-0.3, -0.25) is 0 Å². The normalized spacial score (nSPS) is 14.1. The molecule has 4 nitrogen and oxygen atoms in total. The molecule has 1 aromatic heterocycles. The Kier molecular flexibility index (Phi) is 2.40. The van der Waals surface area contributed by atoms with E-state index in [9.17, 15) is 0 Å². The molecule has 1 aromatic carbocycles. The zero-order valence-electron chi connectivity index (χ0n) is 9.72. The van der Waals surface area contributed by atoms with E-state index in [-0.39, 0.29) is 0 Å². The molecule has 1 N–H and O–H groups in total. The van der Waals surface area contributed by atoms with E-state index in [4.69, 9.17) is 0 Å². The van der Waals surface area contributed by atoms with E-state index >= 15 is 0 Å². The van der Waals surface area contributed by atoms with Crippen molar-refractivity contribution < 1.29 is 0 Å². The van der Waals surface area contributed by atoms with Crippen LogP contribution in [0.25, 0.3) is 0 Å². The second-order valence-electron chi connectivity index (χ2n) is 4.06. The Morgan fingerprint density at radius 1 is 1.24 bits per heavy atom. The molecule has 2 aromatic rings. The molecule has 0 fully saturated rings. The Hall–Kier alpha value is -2.10. The largest absolute Gasteiger partial charge is 0.382 e. The molecule has 0 bridgehead atoms. The Balaban J connectivity index is 2.06. The minimum absolute atomic E-state index is 0.804. The summed E-state index contributed by atoms with van der Waals surface area (Å²) in [7, 11) is 0. The number of aryl methyl sites for hydroxylation is 1. The number of nitrogens with zero attached hydrogens (tertiary/aromatic N) is 3. The van der Waals surface area contributed by atoms with Gasteiger partial charge in [-0.15, -0.1) is 0 Å². The van der Waals surface area contributed by atoms with Gasteiger partial charge < -0.3 is 10.2 Å². The molecule has 0 radical (unpaired) electrons. The predicted octanol–water partition coefficient (Wildman–Crippen LogP) is 2.35. The second kappa shape index (κ2) is 4.05. The van der Waals surface area contributed by atoms with Crippen LogP contribution in [0.3, 0.4) is 0 Å². The topological polar surface area (TPSA) is 41.1 Å². The number of aromatic nitrogens is 2. The maximum atomic E-state index is 4.48. The van der Waals surface area contributed by atoms with Crippen molar-refractivity contribution in [1.29, 1.82) is 0 Å². The van der Waals surface area contributed by atoms with Crippen LogP contribution in [-0.2, 0) is 0 Å². The maximum absolute atomic E-state index is 4.48. The quantitative estimate of drug-likeness (QED) is 0.810. The minimum Gasteiger partial charge on any atom is -0.382 e. The molecule has 17 heavy (non-hydrogen) atoms. The lowest BCUT2D eigenvalue weighted by molar-refractivity contribution is 0.892. The zero-order chi connectivity index (χ0) is 11.7. The number of hydrogen-bond donors (Lipinski definition) is 1. The van der Waals surface area contributed by atoms with Gasteiger partial charge in [0.2, 0.25) is 0 Å². The van der Waals surface area contributed by atoms with E-state index in [2.05, 4.69) is 32.3 Å². The average Bonchev–Trinajstić information content (AvgIpc) is 2.38. The molecule has 1 aliphatic heterocycles. The molecule has 0 spiro atoms. The lowest BCUT2D eigenvalue weighted by Crippen LogP contribution is -2.30. The molecule has 0 aliphatic carbocycles. The Bertz CT molecular complexity index is 538. The first-order valence-electron chi connectivity index (χ1n) is 5.75. The Morgan fingerprint density at radius 2 is 2.12 bits per heavy atom. The third kappa shape index (κ3) is 1.82. The first-order valence-corrected chi connectivity index (χ1v) is 5.75. The van der Waals surface area contributed by atoms with Gasteiger partial charge in [-0.1, -0.05) is 12.1 Å². The van der Waals surface area contributed by atoms with Crippen LogP contribution in [0, 0.1) is 6.92 Å². The van der Waals surface area contributed by atoms with Crippen LogP contribution >= 0.6 is 0 Å². The van der Waals surface area contributed by atoms with Gasteiger partial charge in [-0.05, 0) is 25.1 Å². The number of benzene rings is 1. The first kappa shape index (κ1) is 10.1. The van der Waals surface area contributed by atoms with Crippen molar-refractivity contribution in [2.45, 2.75) is 6.92 Å². The summed E-state index contributed by atoms with van der Waals surface area (Å²) >= 11 is 0. The van der Waals surface area contributed by atoms with E-state index in [0.717, 1.165) is 30.4 Å². The number of para-hydroxylation sites is 2. The Labute approximate surface area is 100 Å². The summed E-state index contributed by atoms with van der Waals surface area (Å²) in [5.74, 6) is 1.77. The molecule has 0 saturated heterocycles. The van der Waals surface area contributed by atoms with Gasteiger partial charge in [0.15, 0.2) is 0 Å². The average molecular weight is 226 g/mol. The van der Waals surface area contributed by atoms with Crippen LogP contribution in [0.5, 0.6) is 0 Å². The number of hydrogen-bond acceptors (Lipinski definition) is 4. The number of fused-ring (bicyclic) bond motifs is 1. The van der Waals surface area contributed by atoms with E-state index in [1.807, 2.05) is 31.3 Å². The molecule has 0 saturated carbocycles. The molecule has 0 atom stereocenters. The van der Waals surface area contributed by atoms with Gasteiger partial charge in [-0.25, -0.2) is 9.97 Å². The Morgan fingerprint density at radius 3 is 3.00 bits per heavy atom. The third-order valence-corrected chi connectivity index (χ3v) is 2.88. The summed E-state index contributed by atoms with van der Waals surface area (Å²) < 4.78 is 0. The van der Waals surface area contributed by atoms with Crippen LogP contribution in [0.4, 0.5) is 17.2 Å². The molecule has 86 valence electrons. The standard InChI is InChI=1S/C13H14N4/c1-10-14-7-6-13(16-10)17-9-8-15-11-4-2-3-5-12(11)17/h2-7,15H,8-9H2,1H3. The van der Waals surface area contributed by atoms with Crippen molar-refractivity contribution in [2.75, 3.05) is 23.3 Å². The van der Waals surface area contributed by atoms with Gasteiger partial charge in [0.1, 0.15) is 11.6 Å². The fourth-order valence-corrected chi connectivity index (χ4v) is 2.11. The van der Waals surface area contributed by atoms with Crippen LogP contribution in [0.1, 0.15) is 5.82 Å². The van der Waals surface area contributed by atoms with Crippen molar-refractivity contribution >= 4 is 17.2 Å². The summed E-state index contributed by atoms with van der Waals surface area (Å²) in [5.41, 5.74) is 2.34. The van der Waals surface area contributed by atoms with Crippen molar-refractivity contribution in [3.8, 4) is 0 Å². The number of nitrogens with one attached hydrogen (secondary N) is 1. The van der Waals surface area contributed by atoms with Gasteiger partial charge in [0.05, 0.1) is 11.4 Å². The fourth-order valence-electron chi connectivity index (χ4n) is 2.11. The highest BCUT2D eigenvalue weighted by Crippen LogP contribution is 2.32. The van der Waals surface area contributed by atoms with E-state index in [1.54, 1.807) is 0 Å². The van der Waals surface area contributed by atoms with Crippen molar-refractivity contribution in [2.24, 2.45) is 0 Å². The second-order valence-corrected chi connectivity index (χ2v) is 4.06. The lowest BCUT2D eigenvalue weighted by Gasteiger charge is -2.31. The van der Waals surface area contributed by atoms with Crippen molar-refractivity contribution in [3.63, 3.8) is 0 Å². The van der Waals surface area contributed by atoms with Crippen LogP contribution < -0.4 is 10.2 Å². The van der Waals surface area contributed by atoms with Crippen LogP contribution in [0.2, 0.25) is 0 Å². The zero-order valence-corrected chi connectivity index (χ0v) is 9.72. The summed E-state index contributed by atoms with van der Waals surface area (Å²) in [6.07, 6.45) is 1.81. The minimum atomic E-state index is 0.804. The molecule has 3 rings (SSSR count). The lowest BCUT2D eigenvalue weighted by atomic mass is 10.2. The summed E-state index contributed by atoms with van der Waals surface area (Å²) in [4.78, 5) is 10.8. The number of anilines is 3. The summed E-state index contributed by atoms with van der Waals surface area (Å²) in [5, 5.41) is 3.39. The fraction of sp³-hybridized carbons (Fsp3) is 0.231. The highest BCUT2D eigenvalue weighted by Gasteiger charge is 2.18. The van der Waals surface area contributed by atoms with Gasteiger partial charge >= 0.3 is 0 Å². The highest BCUT2D eigenvalue weighted by molar-refractivity contribution is 5.77. The van der Waals surface area contributed by atoms with Gasteiger partial charge in [0.25, 0.3) is 0 Å². The molecule has 2 heterocycles. The van der Waals surface area contributed by atoms with Crippen molar-refractivity contribution in [1.82, 2.24) is 9.97 Å². The first-order chi connectivity index (χ1) is 8.34. The number of rotatable bonds is 1. The van der Waals surface area contributed by atoms with E-state index in [0.29, 0.717) is 0 Å². The maximum Gasteiger partial charge on any atom is 0.136 e. The molecule has 0 unspecified atom stereocenters. The molecular weight excluding hydrogens is 212 g/mol. The van der Waals surface area contributed by atoms with Crippen LogP contribution in [0.15, 0.2) is 36.5 Å². The smallest absolute Gasteiger partial charge is 0.136 e. The molecule has 0 amide bonds. The summed E-state index contributed by atoms with van der Waals surface area (Å²) in [6.45, 7) is 3.77. The highest BCUT2D eigenvalue weighted by atomic mass is 15.2. The SMILES string of the molecule is Cc1nccc(N2CCNc3ccccc32)n1. The molecule has 4 heteroatoms. The van der Waals surface area contributed by atoms with Crippen molar-refractivity contribution in [3.05, 3.63) is 42.4 Å². The third-order valence-electron chi connectivity index (χ3n) is 2.88. The monoisotopic (exact) mass is 226 g/mol. The van der Waals surface area contributed by atoms with E-state index in [1.165, 1.54) is 5.69 Å². The van der Waals surface area contributed by atoms with Crippen LogP contribution in [-0.4, -0.2) is 23.1 Å². The predicted molar refractivity (Wildman–Crippen MR) is 68.7 cm³/mol. The summed E-state index contributed by atoms with van der Waals surface area (Å²) in [6, 6.07) is 10.2. The van der Waals surface area contributed by atoms with E-state index < -0.39 is 0 Å². The van der Waals surface area contributed by atoms with Gasteiger partial charge in [0, 0.05) is 19.3 Å². The molecule has 1 aliphatic rings. The molecular formula is C13H14N4. The van der Waals surface area contributed by atoms with Gasteiger partial charge in [-0.2, -0.15) is 0 Å².